The minimum atomic E-state index is -0.206. The van der Waals surface area contributed by atoms with Gasteiger partial charge in [0.05, 0.1) is 11.1 Å². The number of hydrogen-bond acceptors (Lipinski definition) is 5. The van der Waals surface area contributed by atoms with Crippen LogP contribution in [-0.2, 0) is 11.2 Å². The van der Waals surface area contributed by atoms with E-state index < -0.39 is 0 Å². The van der Waals surface area contributed by atoms with Crippen molar-refractivity contribution >= 4 is 28.4 Å². The lowest BCUT2D eigenvalue weighted by molar-refractivity contribution is -0.132. The van der Waals surface area contributed by atoms with Crippen LogP contribution in [0.25, 0.3) is 16.6 Å². The molecule has 1 saturated heterocycles. The number of fused-ring (bicyclic) bond motifs is 3. The molecule has 0 saturated carbocycles. The second kappa shape index (κ2) is 8.78. The fourth-order valence-electron chi connectivity index (χ4n) is 4.71. The lowest BCUT2D eigenvalue weighted by Gasteiger charge is -2.35. The summed E-state index contributed by atoms with van der Waals surface area (Å²) < 4.78 is 1.88. The van der Waals surface area contributed by atoms with Gasteiger partial charge in [-0.2, -0.15) is 5.10 Å². The Hall–Kier alpha value is -3.94. The average molecular weight is 458 g/mol. The molecule has 0 spiro atoms. The van der Waals surface area contributed by atoms with E-state index in [4.69, 9.17) is 10.1 Å². The molecule has 0 radical (unpaired) electrons. The van der Waals surface area contributed by atoms with E-state index in [0.29, 0.717) is 44.6 Å². The number of aromatic hydroxyl groups is 1. The number of aromatic nitrogens is 3. The molecule has 2 aromatic heterocycles. The first kappa shape index (κ1) is 21.9. The number of carbonyl (C=O) groups excluding carboxylic acids is 2. The van der Waals surface area contributed by atoms with Gasteiger partial charge < -0.3 is 14.9 Å². The van der Waals surface area contributed by atoms with Crippen LogP contribution in [0.1, 0.15) is 33.7 Å². The Morgan fingerprint density at radius 2 is 1.62 bits per heavy atom. The number of amides is 2. The first-order valence-electron chi connectivity index (χ1n) is 11.5. The van der Waals surface area contributed by atoms with E-state index in [-0.39, 0.29) is 17.6 Å². The summed E-state index contributed by atoms with van der Waals surface area (Å²) in [5, 5.41) is 15.7. The van der Waals surface area contributed by atoms with Gasteiger partial charge in [0.1, 0.15) is 5.75 Å². The van der Waals surface area contributed by atoms with Gasteiger partial charge in [0.15, 0.2) is 5.65 Å². The number of rotatable bonds is 4. The molecule has 34 heavy (non-hydrogen) atoms. The van der Waals surface area contributed by atoms with Gasteiger partial charge in [-0.15, -0.1) is 0 Å². The lowest BCUT2D eigenvalue weighted by Crippen LogP contribution is -2.50. The van der Waals surface area contributed by atoms with Crippen LogP contribution in [-0.4, -0.2) is 67.5 Å². The maximum Gasteiger partial charge on any atom is 0.257 e. The van der Waals surface area contributed by atoms with Gasteiger partial charge >= 0.3 is 0 Å². The van der Waals surface area contributed by atoms with Gasteiger partial charge in [0, 0.05) is 49.4 Å². The van der Waals surface area contributed by atoms with Crippen LogP contribution in [0, 0.1) is 13.8 Å². The molecule has 1 aliphatic rings. The van der Waals surface area contributed by atoms with Crippen molar-refractivity contribution < 1.29 is 14.7 Å². The molecule has 0 atom stereocenters. The Bertz CT molecular complexity index is 1400. The van der Waals surface area contributed by atoms with Gasteiger partial charge in [-0.25, -0.2) is 9.50 Å². The number of benzene rings is 2. The van der Waals surface area contributed by atoms with E-state index in [0.717, 1.165) is 33.5 Å². The number of nitrogens with zero attached hydrogens (tertiary/aromatic N) is 5. The van der Waals surface area contributed by atoms with Gasteiger partial charge in [-0.3, -0.25) is 9.59 Å². The maximum absolute atomic E-state index is 12.9. The molecular formula is C26H27N5O3. The first-order chi connectivity index (χ1) is 16.4. The van der Waals surface area contributed by atoms with E-state index in [2.05, 4.69) is 0 Å². The van der Waals surface area contributed by atoms with Crippen LogP contribution in [0.4, 0.5) is 0 Å². The van der Waals surface area contributed by atoms with Crippen molar-refractivity contribution in [2.24, 2.45) is 0 Å². The predicted octanol–water partition coefficient (Wildman–Crippen LogP) is 3.12. The summed E-state index contributed by atoms with van der Waals surface area (Å²) in [5.74, 6) is -0.158. The Morgan fingerprint density at radius 3 is 2.38 bits per heavy atom. The number of carbonyl (C=O) groups is 2. The second-order valence-electron chi connectivity index (χ2n) is 8.70. The molecule has 1 aliphatic heterocycles. The summed E-state index contributed by atoms with van der Waals surface area (Å²) in [6.45, 7) is 5.87. The van der Waals surface area contributed by atoms with Gasteiger partial charge in [0.2, 0.25) is 5.91 Å². The Labute approximate surface area is 197 Å². The van der Waals surface area contributed by atoms with E-state index in [1.807, 2.05) is 47.5 Å². The van der Waals surface area contributed by atoms with Gasteiger partial charge in [0.25, 0.3) is 5.91 Å². The molecule has 4 aromatic rings. The quantitative estimate of drug-likeness (QED) is 0.509. The molecule has 0 aliphatic carbocycles. The fourth-order valence-corrected chi connectivity index (χ4v) is 4.71. The molecule has 2 amide bonds. The van der Waals surface area contributed by atoms with Crippen molar-refractivity contribution in [3.05, 3.63) is 71.0 Å². The summed E-state index contributed by atoms with van der Waals surface area (Å²) in [7, 11) is 0. The van der Waals surface area contributed by atoms with Crippen molar-refractivity contribution in [3.8, 4) is 5.75 Å². The average Bonchev–Trinajstić information content (AvgIpc) is 3.22. The Balaban J connectivity index is 1.24. The molecule has 2 aromatic carbocycles. The Kier molecular flexibility index (Phi) is 5.65. The van der Waals surface area contributed by atoms with Crippen LogP contribution < -0.4 is 0 Å². The van der Waals surface area contributed by atoms with Gasteiger partial charge in [-0.05, 0) is 50.1 Å². The minimum absolute atomic E-state index is 0.0209. The molecule has 5 rings (SSSR count). The highest BCUT2D eigenvalue weighted by atomic mass is 16.3. The van der Waals surface area contributed by atoms with Crippen LogP contribution in [0.2, 0.25) is 0 Å². The smallest absolute Gasteiger partial charge is 0.257 e. The normalized spacial score (nSPS) is 14.2. The van der Waals surface area contributed by atoms with Gasteiger partial charge in [-0.1, -0.05) is 24.3 Å². The molecule has 8 nitrogen and oxygen atoms in total. The van der Waals surface area contributed by atoms with Crippen LogP contribution in [0.5, 0.6) is 5.75 Å². The third-order valence-electron chi connectivity index (χ3n) is 6.66. The topological polar surface area (TPSA) is 91.0 Å². The molecule has 0 unspecified atom stereocenters. The summed E-state index contributed by atoms with van der Waals surface area (Å²) in [6.07, 6.45) is 0.968. The molecule has 174 valence electrons. The first-order valence-corrected chi connectivity index (χ1v) is 11.5. The summed E-state index contributed by atoms with van der Waals surface area (Å²) in [5.41, 5.74) is 5.00. The molecule has 1 N–H and O–H groups in total. The third-order valence-corrected chi connectivity index (χ3v) is 6.66. The zero-order chi connectivity index (χ0) is 23.8. The number of hydrogen-bond donors (Lipinski definition) is 1. The summed E-state index contributed by atoms with van der Waals surface area (Å²) in [6, 6.07) is 14.5. The largest absolute Gasteiger partial charge is 0.507 e. The maximum atomic E-state index is 12.9. The highest BCUT2D eigenvalue weighted by Crippen LogP contribution is 2.23. The van der Waals surface area contributed by atoms with Crippen LogP contribution in [0.15, 0.2) is 48.5 Å². The zero-order valence-electron chi connectivity index (χ0n) is 19.4. The number of aryl methyl sites for hydroxylation is 2. The van der Waals surface area contributed by atoms with E-state index >= 15 is 0 Å². The Morgan fingerprint density at radius 1 is 0.941 bits per heavy atom. The van der Waals surface area contributed by atoms with Crippen molar-refractivity contribution in [1.82, 2.24) is 24.4 Å². The zero-order valence-corrected chi connectivity index (χ0v) is 19.4. The molecule has 8 heteroatoms. The SMILES string of the molecule is Cc1nc2c3ccccc3nn2c(C)c1CCC(=O)N1CCN(C(=O)c2ccccc2O)CC1. The highest BCUT2D eigenvalue weighted by molar-refractivity contribution is 5.97. The fraction of sp³-hybridized carbons (Fsp3) is 0.308. The summed E-state index contributed by atoms with van der Waals surface area (Å²) in [4.78, 5) is 33.9. The summed E-state index contributed by atoms with van der Waals surface area (Å²) >= 11 is 0. The lowest BCUT2D eigenvalue weighted by atomic mass is 10.1. The number of piperazine rings is 1. The second-order valence-corrected chi connectivity index (χ2v) is 8.70. The van der Waals surface area contributed by atoms with E-state index in [1.165, 1.54) is 6.07 Å². The third kappa shape index (κ3) is 3.85. The standard InChI is InChI=1S/C26H27N5O3/c1-17-19(18(2)31-25(27-17)20-7-3-5-9-22(20)28-31)11-12-24(33)29-13-15-30(16-14-29)26(34)21-8-4-6-10-23(21)32/h3-10,32H,11-16H2,1-2H3. The molecule has 1 fully saturated rings. The van der Waals surface area contributed by atoms with E-state index in [1.54, 1.807) is 23.1 Å². The van der Waals surface area contributed by atoms with Crippen LogP contribution >= 0.6 is 0 Å². The number of phenols is 1. The van der Waals surface area contributed by atoms with Crippen molar-refractivity contribution in [3.63, 3.8) is 0 Å². The number of phenolic OH excluding ortho intramolecular Hbond substituents is 1. The monoisotopic (exact) mass is 457 g/mol. The number of para-hydroxylation sites is 1. The van der Waals surface area contributed by atoms with E-state index in [9.17, 15) is 14.7 Å². The van der Waals surface area contributed by atoms with Crippen molar-refractivity contribution in [1.29, 1.82) is 0 Å². The van der Waals surface area contributed by atoms with Crippen LogP contribution in [0.3, 0.4) is 0 Å². The predicted molar refractivity (Wildman–Crippen MR) is 129 cm³/mol. The minimum Gasteiger partial charge on any atom is -0.507 e. The molecule has 3 heterocycles. The van der Waals surface area contributed by atoms with Crippen molar-refractivity contribution in [2.75, 3.05) is 26.2 Å². The van der Waals surface area contributed by atoms with Crippen molar-refractivity contribution in [2.45, 2.75) is 26.7 Å². The highest BCUT2D eigenvalue weighted by Gasteiger charge is 2.26. The molecular weight excluding hydrogens is 430 g/mol. The molecule has 0 bridgehead atoms.